The van der Waals surface area contributed by atoms with Crippen LogP contribution in [0.15, 0.2) is 35.0 Å². The molecule has 0 bridgehead atoms. The molecule has 0 aliphatic rings. The molecule has 2 rings (SSSR count). The second-order valence-electron chi connectivity index (χ2n) is 5.24. The zero-order chi connectivity index (χ0) is 14.5. The average Bonchev–Trinajstić information content (AvgIpc) is 2.81. The molecule has 1 atom stereocenters. The van der Waals surface area contributed by atoms with Crippen LogP contribution < -0.4 is 10.1 Å². The fourth-order valence-corrected chi connectivity index (χ4v) is 3.19. The molecule has 1 aromatic carbocycles. The number of benzene rings is 1. The van der Waals surface area contributed by atoms with E-state index in [1.165, 1.54) is 16.7 Å². The van der Waals surface area contributed by atoms with Crippen LogP contribution in [0.4, 0.5) is 0 Å². The van der Waals surface area contributed by atoms with Gasteiger partial charge < -0.3 is 10.1 Å². The molecule has 1 N–H and O–H groups in total. The number of hydrogen-bond acceptors (Lipinski definition) is 3. The van der Waals surface area contributed by atoms with Gasteiger partial charge in [0.2, 0.25) is 0 Å². The number of aryl methyl sites for hydroxylation is 1. The fraction of sp³-hybridized carbons (Fsp3) is 0.412. The van der Waals surface area contributed by atoms with Crippen LogP contribution in [0.3, 0.4) is 0 Å². The highest BCUT2D eigenvalue weighted by Crippen LogP contribution is 2.29. The highest BCUT2D eigenvalue weighted by molar-refractivity contribution is 7.08. The molecule has 20 heavy (non-hydrogen) atoms. The zero-order valence-electron chi connectivity index (χ0n) is 12.6. The quantitative estimate of drug-likeness (QED) is 0.843. The normalized spacial score (nSPS) is 12.7. The molecule has 0 fully saturated rings. The highest BCUT2D eigenvalue weighted by Gasteiger charge is 2.16. The maximum absolute atomic E-state index is 5.81. The first-order valence-corrected chi connectivity index (χ1v) is 8.08. The molecule has 1 aromatic heterocycles. The van der Waals surface area contributed by atoms with Gasteiger partial charge in [-0.2, -0.15) is 11.3 Å². The molecule has 0 amide bonds. The van der Waals surface area contributed by atoms with Crippen LogP contribution in [-0.4, -0.2) is 12.6 Å². The minimum atomic E-state index is 0.200. The standard InChI is InChI=1S/C17H23NOS/c1-5-18-17(16-11-20-10-13(16)4)14-7-6-8-15(9-14)19-12(2)3/h6-12,17-18H,5H2,1-4H3. The first-order chi connectivity index (χ1) is 9.61. The average molecular weight is 289 g/mol. The summed E-state index contributed by atoms with van der Waals surface area (Å²) in [5.41, 5.74) is 3.96. The summed E-state index contributed by atoms with van der Waals surface area (Å²) in [6, 6.07) is 8.63. The third-order valence-electron chi connectivity index (χ3n) is 3.18. The fourth-order valence-electron chi connectivity index (χ4n) is 2.32. The third kappa shape index (κ3) is 3.62. The van der Waals surface area contributed by atoms with E-state index in [1.807, 2.05) is 6.07 Å². The smallest absolute Gasteiger partial charge is 0.120 e. The van der Waals surface area contributed by atoms with E-state index in [1.54, 1.807) is 11.3 Å². The second-order valence-corrected chi connectivity index (χ2v) is 5.98. The lowest BCUT2D eigenvalue weighted by Crippen LogP contribution is -2.22. The number of hydrogen-bond donors (Lipinski definition) is 1. The van der Waals surface area contributed by atoms with Gasteiger partial charge in [0.05, 0.1) is 12.1 Å². The third-order valence-corrected chi connectivity index (χ3v) is 4.06. The lowest BCUT2D eigenvalue weighted by atomic mass is 9.98. The van der Waals surface area contributed by atoms with E-state index < -0.39 is 0 Å². The minimum Gasteiger partial charge on any atom is -0.491 e. The van der Waals surface area contributed by atoms with Crippen molar-refractivity contribution in [1.29, 1.82) is 0 Å². The molecule has 0 aliphatic carbocycles. The van der Waals surface area contributed by atoms with Crippen LogP contribution in [0.5, 0.6) is 5.75 Å². The van der Waals surface area contributed by atoms with Crippen molar-refractivity contribution < 1.29 is 4.74 Å². The van der Waals surface area contributed by atoms with Gasteiger partial charge in [-0.05, 0) is 66.9 Å². The van der Waals surface area contributed by atoms with Gasteiger partial charge in [0.1, 0.15) is 5.75 Å². The monoisotopic (exact) mass is 289 g/mol. The van der Waals surface area contributed by atoms with Gasteiger partial charge in [-0.1, -0.05) is 19.1 Å². The van der Waals surface area contributed by atoms with Crippen molar-refractivity contribution in [3.05, 3.63) is 51.7 Å². The molecule has 108 valence electrons. The Hall–Kier alpha value is -1.32. The van der Waals surface area contributed by atoms with E-state index >= 15 is 0 Å². The Labute approximate surface area is 125 Å². The molecule has 0 aliphatic heterocycles. The topological polar surface area (TPSA) is 21.3 Å². The van der Waals surface area contributed by atoms with Crippen molar-refractivity contribution >= 4 is 11.3 Å². The van der Waals surface area contributed by atoms with Crippen molar-refractivity contribution in [2.24, 2.45) is 0 Å². The zero-order valence-corrected chi connectivity index (χ0v) is 13.5. The summed E-state index contributed by atoms with van der Waals surface area (Å²) < 4.78 is 5.81. The van der Waals surface area contributed by atoms with E-state index in [2.05, 4.69) is 62.0 Å². The molecule has 0 spiro atoms. The van der Waals surface area contributed by atoms with Crippen molar-refractivity contribution in [2.75, 3.05) is 6.54 Å². The lowest BCUT2D eigenvalue weighted by molar-refractivity contribution is 0.242. The summed E-state index contributed by atoms with van der Waals surface area (Å²) in [5.74, 6) is 0.938. The predicted molar refractivity (Wildman–Crippen MR) is 86.8 cm³/mol. The van der Waals surface area contributed by atoms with Crippen LogP contribution in [0, 0.1) is 6.92 Å². The Morgan fingerprint density at radius 2 is 2.05 bits per heavy atom. The molecule has 0 saturated carbocycles. The van der Waals surface area contributed by atoms with Crippen LogP contribution in [-0.2, 0) is 0 Å². The maximum Gasteiger partial charge on any atom is 0.120 e. The van der Waals surface area contributed by atoms with Gasteiger partial charge in [-0.25, -0.2) is 0 Å². The van der Waals surface area contributed by atoms with Crippen LogP contribution in [0.1, 0.15) is 43.5 Å². The van der Waals surface area contributed by atoms with Gasteiger partial charge in [-0.15, -0.1) is 0 Å². The maximum atomic E-state index is 5.81. The molecule has 0 radical (unpaired) electrons. The van der Waals surface area contributed by atoms with Gasteiger partial charge in [0, 0.05) is 0 Å². The molecule has 3 heteroatoms. The summed E-state index contributed by atoms with van der Waals surface area (Å²) in [6.45, 7) is 9.36. The van der Waals surface area contributed by atoms with Crippen molar-refractivity contribution in [1.82, 2.24) is 5.32 Å². The Morgan fingerprint density at radius 3 is 2.65 bits per heavy atom. The minimum absolute atomic E-state index is 0.200. The highest BCUT2D eigenvalue weighted by atomic mass is 32.1. The van der Waals surface area contributed by atoms with Gasteiger partial charge >= 0.3 is 0 Å². The van der Waals surface area contributed by atoms with E-state index in [0.29, 0.717) is 0 Å². The largest absolute Gasteiger partial charge is 0.491 e. The van der Waals surface area contributed by atoms with Gasteiger partial charge in [-0.3, -0.25) is 0 Å². The first-order valence-electron chi connectivity index (χ1n) is 7.14. The van der Waals surface area contributed by atoms with E-state index in [0.717, 1.165) is 12.3 Å². The Kier molecular flexibility index (Phi) is 5.21. The molecular weight excluding hydrogens is 266 g/mol. The van der Waals surface area contributed by atoms with Crippen LogP contribution >= 0.6 is 11.3 Å². The van der Waals surface area contributed by atoms with Crippen LogP contribution in [0.25, 0.3) is 0 Å². The predicted octanol–water partition coefficient (Wildman–Crippen LogP) is 4.54. The van der Waals surface area contributed by atoms with Crippen molar-refractivity contribution in [3.8, 4) is 5.75 Å². The summed E-state index contributed by atoms with van der Waals surface area (Å²) in [5, 5.41) is 8.01. The van der Waals surface area contributed by atoms with Crippen molar-refractivity contribution in [3.63, 3.8) is 0 Å². The summed E-state index contributed by atoms with van der Waals surface area (Å²) in [6.07, 6.45) is 0.200. The number of ether oxygens (including phenoxy) is 1. The SMILES string of the molecule is CCNC(c1cccc(OC(C)C)c1)c1cscc1C. The lowest BCUT2D eigenvalue weighted by Gasteiger charge is -2.20. The molecule has 1 heterocycles. The second kappa shape index (κ2) is 6.91. The number of rotatable bonds is 6. The van der Waals surface area contributed by atoms with Gasteiger partial charge in [0.25, 0.3) is 0 Å². The Morgan fingerprint density at radius 1 is 1.25 bits per heavy atom. The van der Waals surface area contributed by atoms with Crippen molar-refractivity contribution in [2.45, 2.75) is 39.8 Å². The summed E-state index contributed by atoms with van der Waals surface area (Å²) in [7, 11) is 0. The first kappa shape index (κ1) is 15.1. The number of nitrogens with one attached hydrogen (secondary N) is 1. The van der Waals surface area contributed by atoms with E-state index in [-0.39, 0.29) is 12.1 Å². The molecule has 0 saturated heterocycles. The Balaban J connectivity index is 2.32. The molecule has 2 aromatic rings. The number of thiophene rings is 1. The Bertz CT molecular complexity index is 547. The molecular formula is C17H23NOS. The summed E-state index contributed by atoms with van der Waals surface area (Å²) >= 11 is 1.76. The summed E-state index contributed by atoms with van der Waals surface area (Å²) in [4.78, 5) is 0. The van der Waals surface area contributed by atoms with E-state index in [4.69, 9.17) is 4.74 Å². The molecule has 2 nitrogen and oxygen atoms in total. The molecule has 1 unspecified atom stereocenters. The van der Waals surface area contributed by atoms with E-state index in [9.17, 15) is 0 Å². The van der Waals surface area contributed by atoms with Gasteiger partial charge in [0.15, 0.2) is 0 Å². The van der Waals surface area contributed by atoms with Crippen LogP contribution in [0.2, 0.25) is 0 Å².